The number of thiazole rings is 1. The number of carbonyl (C=O) groups is 1. The molecule has 0 aliphatic carbocycles. The van der Waals surface area contributed by atoms with Gasteiger partial charge in [-0.3, -0.25) is 4.79 Å². The van der Waals surface area contributed by atoms with E-state index in [9.17, 15) is 4.79 Å². The number of benzene rings is 2. The summed E-state index contributed by atoms with van der Waals surface area (Å²) in [5.74, 6) is 1.27. The molecule has 3 nitrogen and oxygen atoms in total. The van der Waals surface area contributed by atoms with E-state index in [0.717, 1.165) is 34.1 Å². The number of carbonyl (C=O) groups excluding carboxylic acids is 1. The number of para-hydroxylation sites is 1. The summed E-state index contributed by atoms with van der Waals surface area (Å²) in [7, 11) is 0. The van der Waals surface area contributed by atoms with Crippen LogP contribution in [0.4, 0.5) is 5.69 Å². The predicted octanol–water partition coefficient (Wildman–Crippen LogP) is 5.55. The quantitative estimate of drug-likeness (QED) is 0.582. The smallest absolute Gasteiger partial charge is 0.234 e. The number of nitrogens with zero attached hydrogens (tertiary/aromatic N) is 1. The lowest BCUT2D eigenvalue weighted by atomic mass is 10.1. The van der Waals surface area contributed by atoms with Crippen LogP contribution in [-0.4, -0.2) is 16.6 Å². The maximum Gasteiger partial charge on any atom is 0.234 e. The Hall–Kier alpha value is -2.11. The molecule has 0 saturated carbocycles. The van der Waals surface area contributed by atoms with Gasteiger partial charge in [0.1, 0.15) is 5.01 Å². The fraction of sp³-hybridized carbons (Fsp3) is 0.238. The molecule has 1 amide bonds. The van der Waals surface area contributed by atoms with Crippen LogP contribution >= 0.6 is 23.1 Å². The largest absolute Gasteiger partial charge is 0.325 e. The van der Waals surface area contributed by atoms with Crippen molar-refractivity contribution < 1.29 is 4.79 Å². The van der Waals surface area contributed by atoms with Gasteiger partial charge in [-0.05, 0) is 31.0 Å². The molecule has 0 aliphatic heterocycles. The molecular formula is C21H22N2OS2. The van der Waals surface area contributed by atoms with Gasteiger partial charge >= 0.3 is 0 Å². The predicted molar refractivity (Wildman–Crippen MR) is 113 cm³/mol. The van der Waals surface area contributed by atoms with Gasteiger partial charge in [0.2, 0.25) is 5.91 Å². The van der Waals surface area contributed by atoms with Gasteiger partial charge in [-0.15, -0.1) is 23.1 Å². The highest BCUT2D eigenvalue weighted by Crippen LogP contribution is 2.30. The highest BCUT2D eigenvalue weighted by Gasteiger charge is 2.11. The first kappa shape index (κ1) is 18.7. The molecular weight excluding hydrogens is 360 g/mol. The molecule has 0 spiro atoms. The van der Waals surface area contributed by atoms with Crippen molar-refractivity contribution in [1.82, 2.24) is 4.98 Å². The van der Waals surface area contributed by atoms with Crippen molar-refractivity contribution in [1.29, 1.82) is 0 Å². The van der Waals surface area contributed by atoms with Crippen LogP contribution in [0.25, 0.3) is 10.6 Å². The minimum absolute atomic E-state index is 0.0266. The second kappa shape index (κ2) is 9.01. The molecule has 1 aromatic heterocycles. The number of amides is 1. The lowest BCUT2D eigenvalue weighted by molar-refractivity contribution is -0.113. The Kier molecular flexibility index (Phi) is 6.47. The summed E-state index contributed by atoms with van der Waals surface area (Å²) < 4.78 is 0. The molecule has 0 atom stereocenters. The number of thioether (sulfide) groups is 1. The topological polar surface area (TPSA) is 42.0 Å². The van der Waals surface area contributed by atoms with Crippen LogP contribution in [0.3, 0.4) is 0 Å². The van der Waals surface area contributed by atoms with Crippen LogP contribution in [0, 0.1) is 6.92 Å². The lowest BCUT2D eigenvalue weighted by Gasteiger charge is -2.04. The van der Waals surface area contributed by atoms with Crippen LogP contribution in [0.5, 0.6) is 0 Å². The average molecular weight is 383 g/mol. The highest BCUT2D eigenvalue weighted by atomic mass is 32.2. The Morgan fingerprint density at radius 1 is 1.12 bits per heavy atom. The lowest BCUT2D eigenvalue weighted by Crippen LogP contribution is -2.13. The van der Waals surface area contributed by atoms with E-state index in [1.54, 1.807) is 23.1 Å². The molecule has 5 heteroatoms. The summed E-state index contributed by atoms with van der Waals surface area (Å²) in [4.78, 5) is 18.0. The SMILES string of the molecule is CCc1ccc(-c2nc(C)c(CSCC(=O)Nc3ccccc3)s2)cc1. The molecule has 3 aromatic rings. The Morgan fingerprint density at radius 2 is 1.85 bits per heavy atom. The van der Waals surface area contributed by atoms with Crippen LogP contribution < -0.4 is 5.32 Å². The Bertz CT molecular complexity index is 857. The fourth-order valence-corrected chi connectivity index (χ4v) is 4.63. The van der Waals surface area contributed by atoms with Gasteiger partial charge in [0, 0.05) is 21.9 Å². The molecule has 0 saturated heterocycles. The van der Waals surface area contributed by atoms with Crippen molar-refractivity contribution in [2.75, 3.05) is 11.1 Å². The van der Waals surface area contributed by atoms with Crippen molar-refractivity contribution >= 4 is 34.7 Å². The van der Waals surface area contributed by atoms with E-state index in [1.165, 1.54) is 10.4 Å². The van der Waals surface area contributed by atoms with Crippen LogP contribution in [0.1, 0.15) is 23.1 Å². The third-order valence-corrected chi connectivity index (χ3v) is 6.37. The van der Waals surface area contributed by atoms with Crippen LogP contribution in [0.15, 0.2) is 54.6 Å². The zero-order valence-electron chi connectivity index (χ0n) is 15.0. The molecule has 0 radical (unpaired) electrons. The van der Waals surface area contributed by atoms with Crippen molar-refractivity contribution in [3.63, 3.8) is 0 Å². The fourth-order valence-electron chi connectivity index (χ4n) is 2.52. The Morgan fingerprint density at radius 3 is 2.54 bits per heavy atom. The maximum atomic E-state index is 12.0. The second-order valence-electron chi connectivity index (χ2n) is 5.99. The van der Waals surface area contributed by atoms with Gasteiger partial charge in [0.15, 0.2) is 0 Å². The number of nitrogens with one attached hydrogen (secondary N) is 1. The van der Waals surface area contributed by atoms with Gasteiger partial charge in [0.05, 0.1) is 11.4 Å². The van der Waals surface area contributed by atoms with E-state index in [1.807, 2.05) is 37.3 Å². The van der Waals surface area contributed by atoms with E-state index in [0.29, 0.717) is 5.75 Å². The van der Waals surface area contributed by atoms with E-state index >= 15 is 0 Å². The van der Waals surface area contributed by atoms with Crippen molar-refractivity contribution in [2.45, 2.75) is 26.0 Å². The number of aryl methyl sites for hydroxylation is 2. The van der Waals surface area contributed by atoms with E-state index in [-0.39, 0.29) is 5.91 Å². The third kappa shape index (κ3) is 4.96. The number of aromatic nitrogens is 1. The number of hydrogen-bond acceptors (Lipinski definition) is 4. The van der Waals surface area contributed by atoms with Gasteiger partial charge in [0.25, 0.3) is 0 Å². The molecule has 0 aliphatic rings. The van der Waals surface area contributed by atoms with E-state index in [2.05, 4.69) is 36.5 Å². The minimum atomic E-state index is 0.0266. The van der Waals surface area contributed by atoms with Gasteiger partial charge in [-0.25, -0.2) is 4.98 Å². The molecule has 1 N–H and O–H groups in total. The van der Waals surface area contributed by atoms with Gasteiger partial charge < -0.3 is 5.32 Å². The third-order valence-electron chi connectivity index (χ3n) is 4.03. The second-order valence-corrected chi connectivity index (χ2v) is 8.05. The number of anilines is 1. The average Bonchev–Trinajstić information content (AvgIpc) is 3.03. The Balaban J connectivity index is 1.55. The van der Waals surface area contributed by atoms with Gasteiger partial charge in [-0.2, -0.15) is 0 Å². The normalized spacial score (nSPS) is 10.7. The number of hydrogen-bond donors (Lipinski definition) is 1. The van der Waals surface area contributed by atoms with E-state index in [4.69, 9.17) is 4.98 Å². The zero-order chi connectivity index (χ0) is 18.4. The minimum Gasteiger partial charge on any atom is -0.325 e. The molecule has 26 heavy (non-hydrogen) atoms. The molecule has 3 rings (SSSR count). The van der Waals surface area contributed by atoms with Crippen molar-refractivity contribution in [3.8, 4) is 10.6 Å². The molecule has 2 aromatic carbocycles. The standard InChI is InChI=1S/C21H22N2OS2/c1-3-16-9-11-17(12-10-16)21-22-15(2)19(26-21)13-25-14-20(24)23-18-7-5-4-6-8-18/h4-12H,3,13-14H2,1-2H3,(H,23,24). The first-order chi connectivity index (χ1) is 12.7. The van der Waals surface area contributed by atoms with Crippen molar-refractivity contribution in [2.24, 2.45) is 0 Å². The molecule has 1 heterocycles. The summed E-state index contributed by atoms with van der Waals surface area (Å²) >= 11 is 3.34. The molecule has 0 bridgehead atoms. The number of rotatable bonds is 7. The highest BCUT2D eigenvalue weighted by molar-refractivity contribution is 7.99. The molecule has 0 fully saturated rings. The van der Waals surface area contributed by atoms with E-state index < -0.39 is 0 Å². The first-order valence-electron chi connectivity index (χ1n) is 8.64. The summed E-state index contributed by atoms with van der Waals surface area (Å²) in [6.45, 7) is 4.20. The molecule has 0 unspecified atom stereocenters. The summed E-state index contributed by atoms with van der Waals surface area (Å²) in [6.07, 6.45) is 1.05. The monoisotopic (exact) mass is 382 g/mol. The van der Waals surface area contributed by atoms with Crippen LogP contribution in [-0.2, 0) is 17.0 Å². The van der Waals surface area contributed by atoms with Crippen LogP contribution in [0.2, 0.25) is 0 Å². The summed E-state index contributed by atoms with van der Waals surface area (Å²) in [5, 5.41) is 3.96. The maximum absolute atomic E-state index is 12.0. The summed E-state index contributed by atoms with van der Waals surface area (Å²) in [5.41, 5.74) is 4.39. The Labute approximate surface area is 162 Å². The zero-order valence-corrected chi connectivity index (χ0v) is 16.6. The molecule has 134 valence electrons. The summed E-state index contributed by atoms with van der Waals surface area (Å²) in [6, 6.07) is 18.2. The van der Waals surface area contributed by atoms with Crippen molar-refractivity contribution in [3.05, 3.63) is 70.7 Å². The first-order valence-corrected chi connectivity index (χ1v) is 10.6. The van der Waals surface area contributed by atoms with Gasteiger partial charge in [-0.1, -0.05) is 49.4 Å².